The van der Waals surface area contributed by atoms with E-state index in [1.165, 1.54) is 22.3 Å². The summed E-state index contributed by atoms with van der Waals surface area (Å²) in [4.78, 5) is 13.4. The van der Waals surface area contributed by atoms with Crippen LogP contribution in [-0.4, -0.2) is 11.7 Å². The highest BCUT2D eigenvalue weighted by Crippen LogP contribution is 2.23. The van der Waals surface area contributed by atoms with E-state index in [1.807, 2.05) is 0 Å². The van der Waals surface area contributed by atoms with E-state index in [1.54, 1.807) is 11.8 Å². The molecule has 0 aliphatic rings. The number of nitrogens with one attached hydrogen (secondary N) is 1. The zero-order valence-electron chi connectivity index (χ0n) is 14.3. The molecule has 0 aliphatic heterocycles. The first-order valence-corrected chi connectivity index (χ1v) is 9.04. The van der Waals surface area contributed by atoms with Crippen molar-refractivity contribution in [1.82, 2.24) is 5.32 Å². The molecule has 0 aromatic heterocycles. The lowest BCUT2D eigenvalue weighted by atomic mass is 9.97. The van der Waals surface area contributed by atoms with Gasteiger partial charge in [0.1, 0.15) is 0 Å². The van der Waals surface area contributed by atoms with Gasteiger partial charge in [-0.25, -0.2) is 0 Å². The van der Waals surface area contributed by atoms with Crippen LogP contribution in [0.25, 0.3) is 0 Å². The molecule has 0 fully saturated rings. The first kappa shape index (κ1) is 17.6. The molecule has 3 heteroatoms. The van der Waals surface area contributed by atoms with Crippen LogP contribution in [0.5, 0.6) is 0 Å². The van der Waals surface area contributed by atoms with Crippen LogP contribution < -0.4 is 5.32 Å². The molecule has 23 heavy (non-hydrogen) atoms. The van der Waals surface area contributed by atoms with Crippen LogP contribution in [0.4, 0.5) is 0 Å². The van der Waals surface area contributed by atoms with Crippen LogP contribution in [0, 0.1) is 20.8 Å². The minimum Gasteiger partial charge on any atom is -0.349 e. The molecule has 0 spiro atoms. The number of rotatable bonds is 6. The fourth-order valence-electron chi connectivity index (χ4n) is 2.64. The maximum absolute atomic E-state index is 12.3. The van der Waals surface area contributed by atoms with Gasteiger partial charge in [0.25, 0.3) is 0 Å². The second kappa shape index (κ2) is 8.21. The van der Waals surface area contributed by atoms with Crippen LogP contribution in [0.2, 0.25) is 0 Å². The second-order valence-electron chi connectivity index (χ2n) is 5.99. The smallest absolute Gasteiger partial charge is 0.230 e. The van der Waals surface area contributed by atoms with Crippen molar-refractivity contribution in [2.75, 3.05) is 5.75 Å². The summed E-state index contributed by atoms with van der Waals surface area (Å²) in [5.74, 6) is 0.534. The third-order valence-electron chi connectivity index (χ3n) is 3.94. The molecule has 1 N–H and O–H groups in total. The lowest BCUT2D eigenvalue weighted by Gasteiger charge is -2.20. The third-order valence-corrected chi connectivity index (χ3v) is 4.95. The third kappa shape index (κ3) is 5.14. The summed E-state index contributed by atoms with van der Waals surface area (Å²) >= 11 is 1.58. The molecule has 1 unspecified atom stereocenters. The molecule has 0 saturated carbocycles. The summed E-state index contributed by atoms with van der Waals surface area (Å²) in [6.45, 7) is 8.38. The summed E-state index contributed by atoms with van der Waals surface area (Å²) in [6, 6.07) is 14.8. The number of amides is 1. The molecule has 2 aromatic rings. The van der Waals surface area contributed by atoms with Crippen LogP contribution in [0.15, 0.2) is 47.4 Å². The predicted molar refractivity (Wildman–Crippen MR) is 99.0 cm³/mol. The van der Waals surface area contributed by atoms with Crippen molar-refractivity contribution in [3.05, 3.63) is 64.7 Å². The van der Waals surface area contributed by atoms with Gasteiger partial charge >= 0.3 is 0 Å². The Balaban J connectivity index is 1.95. The van der Waals surface area contributed by atoms with Crippen molar-refractivity contribution in [3.8, 4) is 0 Å². The van der Waals surface area contributed by atoms with E-state index in [0.29, 0.717) is 5.75 Å². The normalized spacial score (nSPS) is 12.0. The second-order valence-corrected chi connectivity index (χ2v) is 7.04. The van der Waals surface area contributed by atoms with Gasteiger partial charge < -0.3 is 5.32 Å². The fraction of sp³-hybridized carbons (Fsp3) is 0.350. The Morgan fingerprint density at radius 2 is 1.70 bits per heavy atom. The number of carbonyl (C=O) groups is 1. The number of hydrogen-bond donors (Lipinski definition) is 1. The van der Waals surface area contributed by atoms with E-state index in [0.717, 1.165) is 11.3 Å². The molecule has 1 atom stereocenters. The summed E-state index contributed by atoms with van der Waals surface area (Å²) in [5.41, 5.74) is 4.94. The van der Waals surface area contributed by atoms with Crippen molar-refractivity contribution in [3.63, 3.8) is 0 Å². The molecule has 0 heterocycles. The number of carbonyl (C=O) groups excluding carboxylic acids is 1. The monoisotopic (exact) mass is 327 g/mol. The lowest BCUT2D eigenvalue weighted by molar-refractivity contribution is -0.119. The standard InChI is InChI=1S/C20H25NOS/c1-5-19(18-11-8-15(3)12-16(18)4)21-20(22)13-23-17-9-6-14(2)7-10-17/h6-12,19H,5,13H2,1-4H3,(H,21,22). The Hall–Kier alpha value is -1.74. The van der Waals surface area contributed by atoms with Crippen LogP contribution in [-0.2, 0) is 4.79 Å². The van der Waals surface area contributed by atoms with Gasteiger partial charge in [0.15, 0.2) is 0 Å². The van der Waals surface area contributed by atoms with Gasteiger partial charge in [0.2, 0.25) is 5.91 Å². The number of thioether (sulfide) groups is 1. The average Bonchev–Trinajstić information content (AvgIpc) is 2.52. The first-order chi connectivity index (χ1) is 11.0. The Labute approximate surface area is 143 Å². The Bertz CT molecular complexity index is 664. The van der Waals surface area contributed by atoms with Crippen molar-refractivity contribution < 1.29 is 4.79 Å². The summed E-state index contributed by atoms with van der Waals surface area (Å²) in [7, 11) is 0. The number of hydrogen-bond acceptors (Lipinski definition) is 2. The number of benzene rings is 2. The van der Waals surface area contributed by atoms with Gasteiger partial charge in [-0.15, -0.1) is 11.8 Å². The van der Waals surface area contributed by atoms with E-state index < -0.39 is 0 Å². The quantitative estimate of drug-likeness (QED) is 0.759. The van der Waals surface area contributed by atoms with Crippen molar-refractivity contribution >= 4 is 17.7 Å². The van der Waals surface area contributed by atoms with Gasteiger partial charge in [-0.3, -0.25) is 4.79 Å². The highest BCUT2D eigenvalue weighted by Gasteiger charge is 2.14. The maximum Gasteiger partial charge on any atom is 0.230 e. The topological polar surface area (TPSA) is 29.1 Å². The van der Waals surface area contributed by atoms with Gasteiger partial charge in [0, 0.05) is 4.90 Å². The summed E-state index contributed by atoms with van der Waals surface area (Å²) < 4.78 is 0. The Kier molecular flexibility index (Phi) is 6.28. The fourth-order valence-corrected chi connectivity index (χ4v) is 3.35. The molecule has 2 aromatic carbocycles. The molecule has 2 nitrogen and oxygen atoms in total. The summed E-state index contributed by atoms with van der Waals surface area (Å²) in [5, 5.41) is 3.17. The molecule has 2 rings (SSSR count). The zero-order valence-corrected chi connectivity index (χ0v) is 15.2. The van der Waals surface area contributed by atoms with E-state index in [9.17, 15) is 4.79 Å². The Morgan fingerprint density at radius 1 is 1.04 bits per heavy atom. The molecule has 0 bridgehead atoms. The lowest BCUT2D eigenvalue weighted by Crippen LogP contribution is -2.30. The number of aryl methyl sites for hydroxylation is 3. The molecule has 122 valence electrons. The molecular weight excluding hydrogens is 302 g/mol. The largest absolute Gasteiger partial charge is 0.349 e. The van der Waals surface area contributed by atoms with Crippen molar-refractivity contribution in [2.24, 2.45) is 0 Å². The molecular formula is C20H25NOS. The van der Waals surface area contributed by atoms with E-state index in [2.05, 4.69) is 75.5 Å². The highest BCUT2D eigenvalue weighted by atomic mass is 32.2. The zero-order chi connectivity index (χ0) is 16.8. The molecule has 1 amide bonds. The minimum absolute atomic E-state index is 0.0849. The predicted octanol–water partition coefficient (Wildman–Crippen LogP) is 4.97. The van der Waals surface area contributed by atoms with E-state index in [4.69, 9.17) is 0 Å². The van der Waals surface area contributed by atoms with Crippen molar-refractivity contribution in [1.29, 1.82) is 0 Å². The van der Waals surface area contributed by atoms with Gasteiger partial charge in [0.05, 0.1) is 11.8 Å². The van der Waals surface area contributed by atoms with Crippen LogP contribution in [0.3, 0.4) is 0 Å². The van der Waals surface area contributed by atoms with Crippen LogP contribution >= 0.6 is 11.8 Å². The van der Waals surface area contributed by atoms with Gasteiger partial charge in [-0.05, 0) is 50.5 Å². The highest BCUT2D eigenvalue weighted by molar-refractivity contribution is 8.00. The maximum atomic E-state index is 12.3. The molecule has 0 saturated heterocycles. The first-order valence-electron chi connectivity index (χ1n) is 8.05. The van der Waals surface area contributed by atoms with Gasteiger partial charge in [-0.1, -0.05) is 48.4 Å². The van der Waals surface area contributed by atoms with E-state index >= 15 is 0 Å². The molecule has 0 radical (unpaired) electrons. The van der Waals surface area contributed by atoms with Crippen molar-refractivity contribution in [2.45, 2.75) is 45.1 Å². The molecule has 0 aliphatic carbocycles. The van der Waals surface area contributed by atoms with Crippen LogP contribution in [0.1, 0.15) is 41.6 Å². The SMILES string of the molecule is CCC(NC(=O)CSc1ccc(C)cc1)c1ccc(C)cc1C. The minimum atomic E-state index is 0.0849. The Morgan fingerprint density at radius 3 is 2.30 bits per heavy atom. The summed E-state index contributed by atoms with van der Waals surface area (Å²) in [6.07, 6.45) is 0.894. The van der Waals surface area contributed by atoms with Gasteiger partial charge in [-0.2, -0.15) is 0 Å². The van der Waals surface area contributed by atoms with E-state index in [-0.39, 0.29) is 11.9 Å². The average molecular weight is 327 g/mol.